The SMILES string of the molecule is FC1=C(c2ccccc2)N(c2cccc(Cl)c2)C(C(F)(F)F)N1c1cccc(Cl)c1. The molecular weight excluding hydrogens is 439 g/mol. The summed E-state index contributed by atoms with van der Waals surface area (Å²) in [5.41, 5.74) is 0.192. The third-order valence-corrected chi connectivity index (χ3v) is 5.12. The molecule has 0 saturated heterocycles. The number of rotatable bonds is 3. The number of anilines is 2. The van der Waals surface area contributed by atoms with Crippen LogP contribution in [0, 0.1) is 0 Å². The van der Waals surface area contributed by atoms with Gasteiger partial charge < -0.3 is 4.90 Å². The Hall–Kier alpha value is -2.70. The van der Waals surface area contributed by atoms with Crippen LogP contribution in [0.25, 0.3) is 5.70 Å². The second-order valence-electron chi connectivity index (χ2n) is 6.62. The third kappa shape index (κ3) is 3.73. The van der Waals surface area contributed by atoms with Gasteiger partial charge in [-0.15, -0.1) is 0 Å². The molecule has 3 aromatic rings. The Bertz CT molecular complexity index is 1100. The van der Waals surface area contributed by atoms with Gasteiger partial charge >= 0.3 is 6.18 Å². The third-order valence-electron chi connectivity index (χ3n) is 4.65. The number of nitrogens with zero attached hydrogens (tertiary/aromatic N) is 2. The Morgan fingerprint density at radius 2 is 1.23 bits per heavy atom. The average Bonchev–Trinajstić information content (AvgIpc) is 3.02. The fraction of sp³-hybridized carbons (Fsp3) is 0.0909. The van der Waals surface area contributed by atoms with E-state index in [1.165, 1.54) is 42.5 Å². The largest absolute Gasteiger partial charge is 0.428 e. The molecule has 30 heavy (non-hydrogen) atoms. The fourth-order valence-electron chi connectivity index (χ4n) is 3.48. The zero-order valence-electron chi connectivity index (χ0n) is 15.2. The molecule has 1 atom stereocenters. The van der Waals surface area contributed by atoms with Gasteiger partial charge in [0.05, 0.1) is 0 Å². The molecule has 0 bridgehead atoms. The van der Waals surface area contributed by atoms with E-state index in [4.69, 9.17) is 23.2 Å². The van der Waals surface area contributed by atoms with Gasteiger partial charge in [-0.2, -0.15) is 17.6 Å². The first kappa shape index (κ1) is 20.6. The average molecular weight is 453 g/mol. The van der Waals surface area contributed by atoms with Crippen LogP contribution < -0.4 is 9.80 Å². The predicted octanol–water partition coefficient (Wildman–Crippen LogP) is 7.50. The van der Waals surface area contributed by atoms with Gasteiger partial charge in [0.25, 0.3) is 0 Å². The van der Waals surface area contributed by atoms with Crippen molar-refractivity contribution < 1.29 is 17.6 Å². The fourth-order valence-corrected chi connectivity index (χ4v) is 3.85. The lowest BCUT2D eigenvalue weighted by Crippen LogP contribution is -2.51. The van der Waals surface area contributed by atoms with Crippen molar-refractivity contribution in [1.29, 1.82) is 0 Å². The van der Waals surface area contributed by atoms with Crippen LogP contribution in [0.1, 0.15) is 5.56 Å². The standard InChI is InChI=1S/C22H14Cl2F4N2/c23-15-8-4-10-17(12-15)29-19(14-6-2-1-3-7-14)20(25)30(21(29)22(26,27)28)18-11-5-9-16(24)13-18/h1-13,21H. The summed E-state index contributed by atoms with van der Waals surface area (Å²) in [5.74, 6) is -1.04. The highest BCUT2D eigenvalue weighted by Crippen LogP contribution is 2.48. The van der Waals surface area contributed by atoms with E-state index in [0.29, 0.717) is 10.5 Å². The van der Waals surface area contributed by atoms with Gasteiger partial charge in [0.1, 0.15) is 5.70 Å². The van der Waals surface area contributed by atoms with Crippen LogP contribution in [-0.4, -0.2) is 12.3 Å². The number of alkyl halides is 3. The topological polar surface area (TPSA) is 6.48 Å². The number of hydrogen-bond acceptors (Lipinski definition) is 2. The molecule has 2 nitrogen and oxygen atoms in total. The summed E-state index contributed by atoms with van der Waals surface area (Å²) < 4.78 is 58.8. The van der Waals surface area contributed by atoms with Crippen molar-refractivity contribution in [3.63, 3.8) is 0 Å². The van der Waals surface area contributed by atoms with E-state index < -0.39 is 18.3 Å². The molecule has 1 aliphatic heterocycles. The molecule has 0 spiro atoms. The molecule has 1 aliphatic rings. The van der Waals surface area contributed by atoms with E-state index in [-0.39, 0.29) is 27.1 Å². The first-order chi connectivity index (χ1) is 14.3. The highest BCUT2D eigenvalue weighted by atomic mass is 35.5. The second-order valence-corrected chi connectivity index (χ2v) is 7.49. The van der Waals surface area contributed by atoms with Crippen LogP contribution in [-0.2, 0) is 0 Å². The molecule has 1 unspecified atom stereocenters. The van der Waals surface area contributed by atoms with Crippen molar-refractivity contribution in [2.24, 2.45) is 0 Å². The lowest BCUT2D eigenvalue weighted by Gasteiger charge is -2.35. The number of hydrogen-bond donors (Lipinski definition) is 0. The highest BCUT2D eigenvalue weighted by molar-refractivity contribution is 6.31. The Labute approximate surface area is 180 Å². The van der Waals surface area contributed by atoms with E-state index in [9.17, 15) is 13.2 Å². The summed E-state index contributed by atoms with van der Waals surface area (Å²) in [4.78, 5) is 1.52. The molecule has 0 amide bonds. The van der Waals surface area contributed by atoms with Crippen LogP contribution >= 0.6 is 23.2 Å². The van der Waals surface area contributed by atoms with Crippen LogP contribution in [0.15, 0.2) is 84.8 Å². The number of benzene rings is 3. The maximum atomic E-state index is 15.8. The Morgan fingerprint density at radius 1 is 0.700 bits per heavy atom. The summed E-state index contributed by atoms with van der Waals surface area (Å²) >= 11 is 12.0. The van der Waals surface area contributed by atoms with Crippen molar-refractivity contribution in [2.45, 2.75) is 12.3 Å². The zero-order chi connectivity index (χ0) is 21.5. The summed E-state index contributed by atoms with van der Waals surface area (Å²) in [6, 6.07) is 19.7. The van der Waals surface area contributed by atoms with Gasteiger partial charge in [-0.05, 0) is 36.4 Å². The molecule has 0 radical (unpaired) electrons. The van der Waals surface area contributed by atoms with Crippen molar-refractivity contribution >= 4 is 40.3 Å². The first-order valence-corrected chi connectivity index (χ1v) is 9.64. The van der Waals surface area contributed by atoms with E-state index in [1.807, 2.05) is 0 Å². The van der Waals surface area contributed by atoms with E-state index >= 15 is 4.39 Å². The Kier molecular flexibility index (Phi) is 5.38. The van der Waals surface area contributed by atoms with Gasteiger partial charge in [0.2, 0.25) is 12.1 Å². The maximum absolute atomic E-state index is 15.8. The maximum Gasteiger partial charge on any atom is 0.428 e. The van der Waals surface area contributed by atoms with Gasteiger partial charge in [-0.25, -0.2) is 0 Å². The van der Waals surface area contributed by atoms with E-state index in [0.717, 1.165) is 4.90 Å². The summed E-state index contributed by atoms with van der Waals surface area (Å²) in [5, 5.41) is 0.436. The summed E-state index contributed by atoms with van der Waals surface area (Å²) in [7, 11) is 0. The summed E-state index contributed by atoms with van der Waals surface area (Å²) in [6.45, 7) is 0. The second kappa shape index (κ2) is 7.85. The van der Waals surface area contributed by atoms with Crippen LogP contribution in [0.2, 0.25) is 10.0 Å². The first-order valence-electron chi connectivity index (χ1n) is 8.89. The van der Waals surface area contributed by atoms with Crippen LogP contribution in [0.3, 0.4) is 0 Å². The van der Waals surface area contributed by atoms with Crippen LogP contribution in [0.4, 0.5) is 28.9 Å². The summed E-state index contributed by atoms with van der Waals surface area (Å²) in [6.07, 6.45) is -7.14. The molecule has 0 aliphatic carbocycles. The Balaban J connectivity index is 2.00. The molecule has 0 aromatic heterocycles. The Morgan fingerprint density at radius 3 is 1.73 bits per heavy atom. The molecule has 1 heterocycles. The molecule has 3 aromatic carbocycles. The zero-order valence-corrected chi connectivity index (χ0v) is 16.8. The molecule has 0 N–H and O–H groups in total. The van der Waals surface area contributed by atoms with Crippen molar-refractivity contribution in [2.75, 3.05) is 9.80 Å². The molecule has 154 valence electrons. The minimum atomic E-state index is -4.81. The molecule has 0 saturated carbocycles. The smallest absolute Gasteiger partial charge is 0.308 e. The quantitative estimate of drug-likeness (QED) is 0.299. The van der Waals surface area contributed by atoms with Gasteiger partial charge in [-0.1, -0.05) is 65.7 Å². The van der Waals surface area contributed by atoms with Crippen molar-refractivity contribution in [3.8, 4) is 0 Å². The number of halogens is 6. The lowest BCUT2D eigenvalue weighted by atomic mass is 10.1. The molecular formula is C22H14Cl2F4N2. The van der Waals surface area contributed by atoms with Crippen molar-refractivity contribution in [3.05, 3.63) is 100 Å². The monoisotopic (exact) mass is 452 g/mol. The van der Waals surface area contributed by atoms with E-state index in [2.05, 4.69) is 0 Å². The molecule has 0 fully saturated rings. The lowest BCUT2D eigenvalue weighted by molar-refractivity contribution is -0.144. The highest BCUT2D eigenvalue weighted by Gasteiger charge is 2.55. The van der Waals surface area contributed by atoms with Gasteiger partial charge in [0, 0.05) is 27.0 Å². The van der Waals surface area contributed by atoms with Gasteiger partial charge in [0.15, 0.2) is 0 Å². The molecule has 4 rings (SSSR count). The molecule has 8 heteroatoms. The normalized spacial score (nSPS) is 17.1. The predicted molar refractivity (Wildman–Crippen MR) is 112 cm³/mol. The van der Waals surface area contributed by atoms with Gasteiger partial charge in [-0.3, -0.25) is 4.90 Å². The minimum Gasteiger partial charge on any atom is -0.308 e. The van der Waals surface area contributed by atoms with Crippen molar-refractivity contribution in [1.82, 2.24) is 0 Å². The van der Waals surface area contributed by atoms with Crippen LogP contribution in [0.5, 0.6) is 0 Å². The minimum absolute atomic E-state index is 0.0136. The van der Waals surface area contributed by atoms with E-state index in [1.54, 1.807) is 36.4 Å².